The topological polar surface area (TPSA) is 26.0 Å². The van der Waals surface area contributed by atoms with E-state index in [0.29, 0.717) is 39.0 Å². The van der Waals surface area contributed by atoms with Crippen molar-refractivity contribution in [3.8, 4) is 11.1 Å². The second-order valence-electron chi connectivity index (χ2n) is 4.09. The van der Waals surface area contributed by atoms with E-state index in [1.165, 1.54) is 6.07 Å². The number of nitrogen functional groups attached to an aromatic ring is 1. The molecule has 2 N–H and O–H groups in total. The molecule has 0 aliphatic rings. The first kappa shape index (κ1) is 13.8. The zero-order chi connectivity index (χ0) is 14.0. The number of aryl methyl sites for hydroxylation is 1. The molecule has 2 aromatic carbocycles. The summed E-state index contributed by atoms with van der Waals surface area (Å²) in [6, 6.07) is 9.23. The van der Waals surface area contributed by atoms with Gasteiger partial charge < -0.3 is 5.73 Å². The van der Waals surface area contributed by atoms with E-state index in [4.69, 9.17) is 5.73 Å². The van der Waals surface area contributed by atoms with Crippen LogP contribution in [-0.2, 0) is 0 Å². The molecule has 0 aliphatic heterocycles. The van der Waals surface area contributed by atoms with Gasteiger partial charge in [-0.1, -0.05) is 23.9 Å². The van der Waals surface area contributed by atoms with Gasteiger partial charge >= 0.3 is 0 Å². The van der Waals surface area contributed by atoms with E-state index in [1.807, 2.05) is 0 Å². The van der Waals surface area contributed by atoms with E-state index in [9.17, 15) is 13.2 Å². The summed E-state index contributed by atoms with van der Waals surface area (Å²) < 4.78 is 38.2. The first-order chi connectivity index (χ1) is 8.97. The Morgan fingerprint density at radius 1 is 1.11 bits per heavy atom. The molecule has 2 aromatic rings. The molecule has 0 fully saturated rings. The highest BCUT2D eigenvalue weighted by Gasteiger charge is 2.09. The van der Waals surface area contributed by atoms with Gasteiger partial charge in [0.2, 0.25) is 0 Å². The van der Waals surface area contributed by atoms with E-state index in [1.54, 1.807) is 37.3 Å². The Balaban J connectivity index is 2.34. The molecule has 2 rings (SSSR count). The predicted octanol–water partition coefficient (Wildman–Crippen LogP) is 4.70. The Bertz CT molecular complexity index is 582. The fourth-order valence-corrected chi connectivity index (χ4v) is 2.23. The molecule has 0 spiro atoms. The van der Waals surface area contributed by atoms with Crippen LogP contribution in [0.2, 0.25) is 0 Å². The quantitative estimate of drug-likeness (QED) is 0.652. The van der Waals surface area contributed by atoms with Crippen molar-refractivity contribution in [2.75, 3.05) is 5.73 Å². The summed E-state index contributed by atoms with van der Waals surface area (Å²) in [4.78, 5) is 0.444. The Morgan fingerprint density at radius 3 is 2.32 bits per heavy atom. The van der Waals surface area contributed by atoms with Gasteiger partial charge in [0.05, 0.1) is 0 Å². The van der Waals surface area contributed by atoms with Crippen molar-refractivity contribution in [2.24, 2.45) is 0 Å². The Morgan fingerprint density at radius 2 is 1.74 bits per heavy atom. The Kier molecular flexibility index (Phi) is 4.04. The third kappa shape index (κ3) is 3.23. The molecule has 0 saturated heterocycles. The second-order valence-corrected chi connectivity index (χ2v) is 5.15. The van der Waals surface area contributed by atoms with Crippen LogP contribution >= 0.6 is 11.8 Å². The lowest BCUT2D eigenvalue weighted by atomic mass is 10.0. The Labute approximate surface area is 113 Å². The van der Waals surface area contributed by atoms with E-state index in [2.05, 4.69) is 0 Å². The zero-order valence-electron chi connectivity index (χ0n) is 10.2. The molecule has 0 radical (unpaired) electrons. The highest BCUT2D eigenvalue weighted by Crippen LogP contribution is 2.30. The van der Waals surface area contributed by atoms with Crippen LogP contribution in [-0.4, -0.2) is 5.76 Å². The third-order valence-electron chi connectivity index (χ3n) is 2.75. The molecule has 0 aromatic heterocycles. The van der Waals surface area contributed by atoms with Crippen molar-refractivity contribution >= 4 is 17.4 Å². The van der Waals surface area contributed by atoms with Crippen LogP contribution in [0.15, 0.2) is 41.3 Å². The SMILES string of the molecule is Cc1cc(F)c(-c2ccc(SC(F)F)cc2)cc1N. The van der Waals surface area contributed by atoms with Gasteiger partial charge in [0.1, 0.15) is 5.82 Å². The van der Waals surface area contributed by atoms with Crippen molar-refractivity contribution in [3.63, 3.8) is 0 Å². The molecule has 100 valence electrons. The lowest BCUT2D eigenvalue weighted by Gasteiger charge is -2.08. The number of alkyl halides is 2. The first-order valence-corrected chi connectivity index (χ1v) is 6.46. The van der Waals surface area contributed by atoms with Gasteiger partial charge in [-0.05, 0) is 42.3 Å². The monoisotopic (exact) mass is 283 g/mol. The molecule has 0 atom stereocenters. The van der Waals surface area contributed by atoms with Crippen LogP contribution in [0, 0.1) is 12.7 Å². The number of benzene rings is 2. The smallest absolute Gasteiger partial charge is 0.288 e. The summed E-state index contributed by atoms with van der Waals surface area (Å²) in [6.07, 6.45) is 0. The minimum absolute atomic E-state index is 0.372. The molecule has 1 nitrogen and oxygen atoms in total. The predicted molar refractivity (Wildman–Crippen MR) is 72.8 cm³/mol. The van der Waals surface area contributed by atoms with Crippen molar-refractivity contribution in [1.82, 2.24) is 0 Å². The molecule has 0 unspecified atom stereocenters. The number of nitrogens with two attached hydrogens (primary N) is 1. The van der Waals surface area contributed by atoms with Gasteiger partial charge in [0, 0.05) is 16.1 Å². The van der Waals surface area contributed by atoms with Crippen molar-refractivity contribution in [2.45, 2.75) is 17.6 Å². The van der Waals surface area contributed by atoms with Gasteiger partial charge in [-0.2, -0.15) is 8.78 Å². The first-order valence-electron chi connectivity index (χ1n) is 5.58. The van der Waals surface area contributed by atoms with Crippen LogP contribution in [0.4, 0.5) is 18.9 Å². The number of anilines is 1. The minimum Gasteiger partial charge on any atom is -0.398 e. The number of rotatable bonds is 3. The molecule has 19 heavy (non-hydrogen) atoms. The van der Waals surface area contributed by atoms with Gasteiger partial charge in [0.25, 0.3) is 5.76 Å². The maximum atomic E-state index is 13.8. The molecule has 0 saturated carbocycles. The fourth-order valence-electron chi connectivity index (χ4n) is 1.73. The maximum Gasteiger partial charge on any atom is 0.288 e. The highest BCUT2D eigenvalue weighted by atomic mass is 32.2. The summed E-state index contributed by atoms with van der Waals surface area (Å²) in [5.74, 6) is -2.83. The van der Waals surface area contributed by atoms with Gasteiger partial charge in [0.15, 0.2) is 0 Å². The standard InChI is InChI=1S/C14H12F3NS/c1-8-6-12(15)11(7-13(8)18)9-2-4-10(5-3-9)19-14(16)17/h2-7,14H,18H2,1H3. The summed E-state index contributed by atoms with van der Waals surface area (Å²) >= 11 is 0.460. The van der Waals surface area contributed by atoms with Crippen LogP contribution < -0.4 is 5.73 Å². The highest BCUT2D eigenvalue weighted by molar-refractivity contribution is 7.99. The van der Waals surface area contributed by atoms with Gasteiger partial charge in [-0.15, -0.1) is 0 Å². The average molecular weight is 283 g/mol. The molecule has 0 heterocycles. The van der Waals surface area contributed by atoms with E-state index >= 15 is 0 Å². The summed E-state index contributed by atoms with van der Waals surface area (Å²) in [5.41, 5.74) is 7.91. The van der Waals surface area contributed by atoms with E-state index < -0.39 is 5.76 Å². The molecular weight excluding hydrogens is 271 g/mol. The van der Waals surface area contributed by atoms with Crippen LogP contribution in [0.25, 0.3) is 11.1 Å². The van der Waals surface area contributed by atoms with E-state index in [0.717, 1.165) is 0 Å². The summed E-state index contributed by atoms with van der Waals surface area (Å²) in [5, 5.41) is 0. The maximum absolute atomic E-state index is 13.8. The second kappa shape index (κ2) is 5.57. The lowest BCUT2D eigenvalue weighted by Crippen LogP contribution is -1.93. The number of thioether (sulfide) groups is 1. The van der Waals surface area contributed by atoms with Crippen molar-refractivity contribution in [1.29, 1.82) is 0 Å². The van der Waals surface area contributed by atoms with Crippen molar-refractivity contribution < 1.29 is 13.2 Å². The van der Waals surface area contributed by atoms with Gasteiger partial charge in [-0.25, -0.2) is 4.39 Å². The van der Waals surface area contributed by atoms with Gasteiger partial charge in [-0.3, -0.25) is 0 Å². The minimum atomic E-state index is -2.46. The van der Waals surface area contributed by atoms with E-state index in [-0.39, 0.29) is 5.82 Å². The number of hydrogen-bond donors (Lipinski definition) is 1. The van der Waals surface area contributed by atoms with Crippen LogP contribution in [0.3, 0.4) is 0 Å². The zero-order valence-corrected chi connectivity index (χ0v) is 11.0. The fraction of sp³-hybridized carbons (Fsp3) is 0.143. The molecule has 0 amide bonds. The molecule has 5 heteroatoms. The third-order valence-corrected chi connectivity index (χ3v) is 3.47. The lowest BCUT2D eigenvalue weighted by molar-refractivity contribution is 0.252. The average Bonchev–Trinajstić information content (AvgIpc) is 2.34. The number of halogens is 3. The molecular formula is C14H12F3NS. The summed E-state index contributed by atoms with van der Waals surface area (Å²) in [6.45, 7) is 1.73. The van der Waals surface area contributed by atoms with Crippen LogP contribution in [0.1, 0.15) is 5.56 Å². The molecule has 0 aliphatic carbocycles. The Hall–Kier alpha value is -1.62. The summed E-state index contributed by atoms with van der Waals surface area (Å²) in [7, 11) is 0. The van der Waals surface area contributed by atoms with Crippen LogP contribution in [0.5, 0.6) is 0 Å². The number of hydrogen-bond acceptors (Lipinski definition) is 2. The van der Waals surface area contributed by atoms with Crippen molar-refractivity contribution in [3.05, 3.63) is 47.8 Å². The molecule has 0 bridgehead atoms. The normalized spacial score (nSPS) is 11.0. The largest absolute Gasteiger partial charge is 0.398 e.